The average molecular weight is 463 g/mol. The van der Waals surface area contributed by atoms with Gasteiger partial charge in [-0.05, 0) is 50.8 Å². The number of aliphatic hydroxyl groups is 1. The quantitative estimate of drug-likeness (QED) is 0.503. The van der Waals surface area contributed by atoms with Crippen molar-refractivity contribution in [2.24, 2.45) is 16.7 Å². The molecular weight excluding hydrogens is 436 g/mol. The fraction of sp³-hybridized carbons (Fsp3) is 0.522. The van der Waals surface area contributed by atoms with Crippen LogP contribution in [0.5, 0.6) is 0 Å². The smallest absolute Gasteiger partial charge is 0.324 e. The number of carbonyl (C=O) groups excluding carboxylic acids is 3. The normalized spacial score (nSPS) is 28.4. The van der Waals surface area contributed by atoms with E-state index in [0.29, 0.717) is 0 Å². The first kappa shape index (κ1) is 22.7. The Labute approximate surface area is 186 Å². The first-order chi connectivity index (χ1) is 15.2. The standard InChI is InChI=1S/C23H26O8S/c1-3-30-20(26)23(21(27)31-4-2)13-22-12-16(24)19(18(22)15(23)10-11-17(22)25)32(28,29)14-8-6-5-7-9-14/h5-9,15,17,25H,3-4,10-13H2,1-2H3. The summed E-state index contributed by atoms with van der Waals surface area (Å²) in [4.78, 5) is 39.1. The second-order valence-electron chi connectivity index (χ2n) is 8.55. The highest BCUT2D eigenvalue weighted by molar-refractivity contribution is 7.96. The van der Waals surface area contributed by atoms with Gasteiger partial charge in [-0.25, -0.2) is 8.42 Å². The zero-order valence-corrected chi connectivity index (χ0v) is 18.8. The Hall–Kier alpha value is -2.52. The number of hydrogen-bond acceptors (Lipinski definition) is 8. The zero-order valence-electron chi connectivity index (χ0n) is 18.0. The maximum atomic E-state index is 13.5. The minimum atomic E-state index is -4.22. The summed E-state index contributed by atoms with van der Waals surface area (Å²) < 4.78 is 37.6. The number of allylic oxidation sites excluding steroid dienone is 1. The van der Waals surface area contributed by atoms with E-state index in [4.69, 9.17) is 9.47 Å². The summed E-state index contributed by atoms with van der Waals surface area (Å²) in [5, 5.41) is 11.0. The number of Topliss-reactive ketones (excluding diaryl/α,β-unsaturated/α-hetero) is 1. The molecule has 0 amide bonds. The molecule has 2 fully saturated rings. The predicted octanol–water partition coefficient (Wildman–Crippen LogP) is 1.96. The van der Waals surface area contributed by atoms with E-state index < -0.39 is 55.3 Å². The van der Waals surface area contributed by atoms with Crippen LogP contribution in [0.3, 0.4) is 0 Å². The molecule has 8 nitrogen and oxygen atoms in total. The Kier molecular flexibility index (Phi) is 5.53. The van der Waals surface area contributed by atoms with Gasteiger partial charge in [0, 0.05) is 17.8 Å². The fourth-order valence-corrected chi connectivity index (χ4v) is 7.58. The lowest BCUT2D eigenvalue weighted by molar-refractivity contribution is -0.175. The minimum Gasteiger partial charge on any atom is -0.465 e. The molecular formula is C23H26O8S. The molecule has 3 aliphatic rings. The molecule has 0 spiro atoms. The van der Waals surface area contributed by atoms with Crippen LogP contribution in [0, 0.1) is 16.7 Å². The van der Waals surface area contributed by atoms with Gasteiger partial charge in [-0.15, -0.1) is 0 Å². The summed E-state index contributed by atoms with van der Waals surface area (Å²) in [7, 11) is -4.22. The van der Waals surface area contributed by atoms with Gasteiger partial charge in [0.25, 0.3) is 0 Å². The van der Waals surface area contributed by atoms with Crippen LogP contribution in [0.15, 0.2) is 45.7 Å². The van der Waals surface area contributed by atoms with Gasteiger partial charge < -0.3 is 14.6 Å². The molecule has 2 saturated carbocycles. The molecule has 1 N–H and O–H groups in total. The number of esters is 2. The van der Waals surface area contributed by atoms with Crippen LogP contribution < -0.4 is 0 Å². The summed E-state index contributed by atoms with van der Waals surface area (Å²) in [5.74, 6) is -3.11. The lowest BCUT2D eigenvalue weighted by Crippen LogP contribution is -2.45. The highest BCUT2D eigenvalue weighted by Gasteiger charge is 2.74. The molecule has 0 heterocycles. The van der Waals surface area contributed by atoms with Crippen molar-refractivity contribution in [1.29, 1.82) is 0 Å². The molecule has 4 rings (SSSR count). The molecule has 1 aromatic rings. The van der Waals surface area contributed by atoms with Crippen LogP contribution in [0.2, 0.25) is 0 Å². The van der Waals surface area contributed by atoms with Crippen LogP contribution in [0.4, 0.5) is 0 Å². The van der Waals surface area contributed by atoms with Gasteiger partial charge in [0.05, 0.1) is 24.2 Å². The van der Waals surface area contributed by atoms with Crippen LogP contribution in [0.25, 0.3) is 0 Å². The second kappa shape index (κ2) is 7.81. The molecule has 1 aromatic carbocycles. The molecule has 3 unspecified atom stereocenters. The highest BCUT2D eigenvalue weighted by Crippen LogP contribution is 2.69. The number of aliphatic hydroxyl groups excluding tert-OH is 1. The summed E-state index contributed by atoms with van der Waals surface area (Å²) in [6, 6.07) is 7.56. The largest absolute Gasteiger partial charge is 0.465 e. The Morgan fingerprint density at radius 3 is 2.22 bits per heavy atom. The third-order valence-corrected chi connectivity index (χ3v) is 8.89. The van der Waals surface area contributed by atoms with Gasteiger partial charge in [0.15, 0.2) is 11.2 Å². The van der Waals surface area contributed by atoms with Crippen LogP contribution in [-0.4, -0.2) is 50.6 Å². The first-order valence-corrected chi connectivity index (χ1v) is 12.3. The van der Waals surface area contributed by atoms with Gasteiger partial charge >= 0.3 is 11.9 Å². The Balaban J connectivity index is 1.99. The van der Waals surface area contributed by atoms with E-state index in [-0.39, 0.29) is 49.4 Å². The van der Waals surface area contributed by atoms with Crippen molar-refractivity contribution in [2.45, 2.75) is 50.5 Å². The van der Waals surface area contributed by atoms with Gasteiger partial charge in [-0.1, -0.05) is 18.2 Å². The minimum absolute atomic E-state index is 0.0232. The Bertz CT molecular complexity index is 1090. The third kappa shape index (κ3) is 2.90. The third-order valence-electron chi connectivity index (χ3n) is 7.02. The summed E-state index contributed by atoms with van der Waals surface area (Å²) in [6.45, 7) is 3.27. The fourth-order valence-electron chi connectivity index (χ4n) is 5.82. The first-order valence-electron chi connectivity index (χ1n) is 10.8. The number of sulfone groups is 1. The number of hydrogen-bond donors (Lipinski definition) is 1. The van der Waals surface area contributed by atoms with Crippen LogP contribution in [0.1, 0.15) is 39.5 Å². The van der Waals surface area contributed by atoms with E-state index >= 15 is 0 Å². The van der Waals surface area contributed by atoms with Crippen molar-refractivity contribution in [1.82, 2.24) is 0 Å². The van der Waals surface area contributed by atoms with Crippen molar-refractivity contribution < 1.29 is 37.4 Å². The maximum absolute atomic E-state index is 13.5. The van der Waals surface area contributed by atoms with E-state index in [1.54, 1.807) is 32.0 Å². The van der Waals surface area contributed by atoms with Crippen LogP contribution >= 0.6 is 0 Å². The molecule has 172 valence electrons. The Morgan fingerprint density at radius 1 is 1.06 bits per heavy atom. The monoisotopic (exact) mass is 462 g/mol. The predicted molar refractivity (Wildman–Crippen MR) is 112 cm³/mol. The van der Waals surface area contributed by atoms with E-state index in [0.717, 1.165) is 0 Å². The summed E-state index contributed by atoms with van der Waals surface area (Å²) in [5.41, 5.74) is -2.92. The molecule has 0 saturated heterocycles. The lowest BCUT2D eigenvalue weighted by Gasteiger charge is -2.36. The van der Waals surface area contributed by atoms with Crippen molar-refractivity contribution in [3.05, 3.63) is 40.8 Å². The number of carbonyl (C=O) groups is 3. The molecule has 0 radical (unpaired) electrons. The zero-order chi connectivity index (χ0) is 23.3. The number of ketones is 1. The highest BCUT2D eigenvalue weighted by atomic mass is 32.2. The van der Waals surface area contributed by atoms with E-state index in [9.17, 15) is 27.9 Å². The molecule has 2 bridgehead atoms. The Morgan fingerprint density at radius 2 is 1.66 bits per heavy atom. The van der Waals surface area contributed by atoms with Crippen molar-refractivity contribution in [3.63, 3.8) is 0 Å². The van der Waals surface area contributed by atoms with Gasteiger partial charge in [0.1, 0.15) is 4.91 Å². The van der Waals surface area contributed by atoms with Gasteiger partial charge in [-0.3, -0.25) is 14.4 Å². The lowest BCUT2D eigenvalue weighted by atomic mass is 9.70. The second-order valence-corrected chi connectivity index (χ2v) is 10.4. The molecule has 0 aliphatic heterocycles. The van der Waals surface area contributed by atoms with Crippen molar-refractivity contribution in [2.75, 3.05) is 13.2 Å². The molecule has 32 heavy (non-hydrogen) atoms. The topological polar surface area (TPSA) is 124 Å². The molecule has 3 aliphatic carbocycles. The van der Waals surface area contributed by atoms with Gasteiger partial charge in [0.2, 0.25) is 9.84 Å². The summed E-state index contributed by atoms with van der Waals surface area (Å²) in [6.07, 6.45) is -1.15. The molecule has 9 heteroatoms. The average Bonchev–Trinajstić information content (AvgIpc) is 3.17. The van der Waals surface area contributed by atoms with Crippen LogP contribution in [-0.2, 0) is 33.7 Å². The number of rotatable bonds is 6. The summed E-state index contributed by atoms with van der Waals surface area (Å²) >= 11 is 0. The molecule has 3 atom stereocenters. The van der Waals surface area contributed by atoms with E-state index in [1.807, 2.05) is 0 Å². The SMILES string of the molecule is CCOC(=O)C1(C(=O)OCC)CC23CC(=O)C(S(=O)(=O)c4ccccc4)=C2C1CCC3O. The number of benzene rings is 1. The maximum Gasteiger partial charge on any atom is 0.324 e. The van der Waals surface area contributed by atoms with Crippen molar-refractivity contribution in [3.8, 4) is 0 Å². The van der Waals surface area contributed by atoms with E-state index in [1.165, 1.54) is 12.1 Å². The van der Waals surface area contributed by atoms with E-state index in [2.05, 4.69) is 0 Å². The van der Waals surface area contributed by atoms with Crippen molar-refractivity contribution >= 4 is 27.6 Å². The van der Waals surface area contributed by atoms with Gasteiger partial charge in [-0.2, -0.15) is 0 Å². The number of ether oxygens (including phenoxy) is 2. The molecule has 0 aromatic heterocycles.